The van der Waals surface area contributed by atoms with Crippen molar-refractivity contribution in [2.75, 3.05) is 13.1 Å². The van der Waals surface area contributed by atoms with Crippen LogP contribution in [0.2, 0.25) is 0 Å². The van der Waals surface area contributed by atoms with Crippen molar-refractivity contribution in [3.63, 3.8) is 0 Å². The average Bonchev–Trinajstić information content (AvgIpc) is 2.40. The predicted molar refractivity (Wildman–Crippen MR) is 75.5 cm³/mol. The Labute approximate surface area is 111 Å². The third kappa shape index (κ3) is 3.53. The second-order valence-electron chi connectivity index (χ2n) is 5.55. The lowest BCUT2D eigenvalue weighted by Crippen LogP contribution is -2.45. The Balaban J connectivity index is 1.81. The molecule has 0 bridgehead atoms. The van der Waals surface area contributed by atoms with Crippen LogP contribution >= 0.6 is 0 Å². The maximum Gasteiger partial charge on any atom is 0.0570 e. The van der Waals surface area contributed by atoms with Crippen LogP contribution in [-0.4, -0.2) is 35.1 Å². The average molecular weight is 247 g/mol. The van der Waals surface area contributed by atoms with E-state index in [9.17, 15) is 0 Å². The summed E-state index contributed by atoms with van der Waals surface area (Å²) in [6, 6.07) is 7.79. The van der Waals surface area contributed by atoms with Gasteiger partial charge in [0.25, 0.3) is 0 Å². The largest absolute Gasteiger partial charge is 0.306 e. The van der Waals surface area contributed by atoms with Gasteiger partial charge in [-0.1, -0.05) is 6.07 Å². The minimum Gasteiger partial charge on any atom is -0.306 e. The molecule has 3 nitrogen and oxygen atoms in total. The number of nitrogens with one attached hydrogen (secondary N) is 1. The summed E-state index contributed by atoms with van der Waals surface area (Å²) in [7, 11) is 0. The lowest BCUT2D eigenvalue weighted by Gasteiger charge is -2.36. The van der Waals surface area contributed by atoms with Crippen LogP contribution in [0.4, 0.5) is 0 Å². The number of rotatable bonds is 4. The van der Waals surface area contributed by atoms with E-state index < -0.39 is 0 Å². The van der Waals surface area contributed by atoms with E-state index in [1.807, 2.05) is 12.3 Å². The van der Waals surface area contributed by atoms with Crippen molar-refractivity contribution in [2.24, 2.45) is 0 Å². The summed E-state index contributed by atoms with van der Waals surface area (Å²) in [5.74, 6) is 0. The predicted octanol–water partition coefficient (Wildman–Crippen LogP) is 2.61. The van der Waals surface area contributed by atoms with Gasteiger partial charge in [0, 0.05) is 24.3 Å². The SMILES string of the molecule is CC(C)N1CCC(N[C@@H](C)c2ccccn2)CC1. The van der Waals surface area contributed by atoms with Gasteiger partial charge in [-0.05, 0) is 58.8 Å². The molecule has 0 amide bonds. The van der Waals surface area contributed by atoms with Gasteiger partial charge in [-0.15, -0.1) is 0 Å². The minimum atomic E-state index is 0.349. The first kappa shape index (κ1) is 13.5. The molecular formula is C15H25N3. The molecule has 0 unspecified atom stereocenters. The quantitative estimate of drug-likeness (QED) is 0.886. The summed E-state index contributed by atoms with van der Waals surface area (Å²) in [5, 5.41) is 3.71. The molecule has 2 heterocycles. The fraction of sp³-hybridized carbons (Fsp3) is 0.667. The number of nitrogens with zero attached hydrogens (tertiary/aromatic N) is 2. The van der Waals surface area contributed by atoms with E-state index in [0.29, 0.717) is 18.1 Å². The maximum absolute atomic E-state index is 4.41. The van der Waals surface area contributed by atoms with Gasteiger partial charge < -0.3 is 10.2 Å². The molecule has 0 radical (unpaired) electrons. The van der Waals surface area contributed by atoms with E-state index in [0.717, 1.165) is 5.69 Å². The molecule has 0 aliphatic carbocycles. The molecule has 1 aliphatic rings. The van der Waals surface area contributed by atoms with Crippen molar-refractivity contribution in [1.29, 1.82) is 0 Å². The Bertz CT molecular complexity index is 342. The van der Waals surface area contributed by atoms with Gasteiger partial charge in [0.15, 0.2) is 0 Å². The Morgan fingerprint density at radius 2 is 1.94 bits per heavy atom. The van der Waals surface area contributed by atoms with Crippen LogP contribution in [0.3, 0.4) is 0 Å². The van der Waals surface area contributed by atoms with Gasteiger partial charge in [-0.3, -0.25) is 4.98 Å². The Morgan fingerprint density at radius 1 is 1.22 bits per heavy atom. The molecule has 1 aromatic rings. The first-order chi connectivity index (χ1) is 8.66. The zero-order valence-corrected chi connectivity index (χ0v) is 11.8. The number of aromatic nitrogens is 1. The first-order valence-electron chi connectivity index (χ1n) is 7.08. The van der Waals surface area contributed by atoms with Gasteiger partial charge in [-0.25, -0.2) is 0 Å². The van der Waals surface area contributed by atoms with E-state index in [2.05, 4.69) is 48.1 Å². The van der Waals surface area contributed by atoms with E-state index >= 15 is 0 Å². The summed E-state index contributed by atoms with van der Waals surface area (Å²) >= 11 is 0. The standard InChI is InChI=1S/C15H25N3/c1-12(2)18-10-7-14(8-11-18)17-13(3)15-6-4-5-9-16-15/h4-6,9,12-14,17H,7-8,10-11H2,1-3H3/t13-/m0/s1. The van der Waals surface area contributed by atoms with E-state index in [1.54, 1.807) is 0 Å². The topological polar surface area (TPSA) is 28.2 Å². The van der Waals surface area contributed by atoms with E-state index in [1.165, 1.54) is 25.9 Å². The number of hydrogen-bond acceptors (Lipinski definition) is 3. The molecule has 1 saturated heterocycles. The molecule has 18 heavy (non-hydrogen) atoms. The molecule has 0 aromatic carbocycles. The molecule has 1 aromatic heterocycles. The number of hydrogen-bond donors (Lipinski definition) is 1. The van der Waals surface area contributed by atoms with Gasteiger partial charge >= 0.3 is 0 Å². The van der Waals surface area contributed by atoms with Crippen molar-refractivity contribution in [1.82, 2.24) is 15.2 Å². The minimum absolute atomic E-state index is 0.349. The number of piperidine rings is 1. The Morgan fingerprint density at radius 3 is 2.50 bits per heavy atom. The smallest absolute Gasteiger partial charge is 0.0570 e. The molecule has 1 fully saturated rings. The Hall–Kier alpha value is -0.930. The highest BCUT2D eigenvalue weighted by Gasteiger charge is 2.22. The number of likely N-dealkylation sites (tertiary alicyclic amines) is 1. The second kappa shape index (κ2) is 6.30. The monoisotopic (exact) mass is 247 g/mol. The first-order valence-corrected chi connectivity index (χ1v) is 7.08. The van der Waals surface area contributed by atoms with Crippen molar-refractivity contribution in [3.05, 3.63) is 30.1 Å². The lowest BCUT2D eigenvalue weighted by atomic mass is 10.0. The zero-order valence-electron chi connectivity index (χ0n) is 11.8. The highest BCUT2D eigenvalue weighted by atomic mass is 15.2. The molecular weight excluding hydrogens is 222 g/mol. The second-order valence-corrected chi connectivity index (χ2v) is 5.55. The third-order valence-electron chi connectivity index (χ3n) is 3.88. The van der Waals surface area contributed by atoms with Gasteiger partial charge in [0.1, 0.15) is 0 Å². The maximum atomic E-state index is 4.41. The van der Waals surface area contributed by atoms with Crippen LogP contribution in [0.15, 0.2) is 24.4 Å². The van der Waals surface area contributed by atoms with Gasteiger partial charge in [-0.2, -0.15) is 0 Å². The molecule has 2 rings (SSSR count). The fourth-order valence-corrected chi connectivity index (χ4v) is 2.65. The van der Waals surface area contributed by atoms with Crippen molar-refractivity contribution < 1.29 is 0 Å². The summed E-state index contributed by atoms with van der Waals surface area (Å²) in [4.78, 5) is 6.97. The molecule has 0 saturated carbocycles. The van der Waals surface area contributed by atoms with Crippen LogP contribution in [0.1, 0.15) is 45.3 Å². The highest BCUT2D eigenvalue weighted by molar-refractivity contribution is 5.08. The van der Waals surface area contributed by atoms with E-state index in [-0.39, 0.29) is 0 Å². The summed E-state index contributed by atoms with van der Waals surface area (Å²) in [6.07, 6.45) is 4.36. The van der Waals surface area contributed by atoms with Crippen LogP contribution in [-0.2, 0) is 0 Å². The van der Waals surface area contributed by atoms with E-state index in [4.69, 9.17) is 0 Å². The molecule has 100 valence electrons. The summed E-state index contributed by atoms with van der Waals surface area (Å²) in [6.45, 7) is 9.19. The molecule has 1 aliphatic heterocycles. The van der Waals surface area contributed by atoms with Crippen molar-refractivity contribution >= 4 is 0 Å². The third-order valence-corrected chi connectivity index (χ3v) is 3.88. The fourth-order valence-electron chi connectivity index (χ4n) is 2.65. The molecule has 1 N–H and O–H groups in total. The Kier molecular flexibility index (Phi) is 4.72. The molecule has 0 spiro atoms. The summed E-state index contributed by atoms with van der Waals surface area (Å²) < 4.78 is 0. The molecule has 3 heteroatoms. The van der Waals surface area contributed by atoms with Crippen LogP contribution < -0.4 is 5.32 Å². The highest BCUT2D eigenvalue weighted by Crippen LogP contribution is 2.17. The normalized spacial score (nSPS) is 20.2. The van der Waals surface area contributed by atoms with Crippen LogP contribution in [0, 0.1) is 0 Å². The van der Waals surface area contributed by atoms with Gasteiger partial charge in [0.05, 0.1) is 5.69 Å². The van der Waals surface area contributed by atoms with Crippen LogP contribution in [0.5, 0.6) is 0 Å². The molecule has 1 atom stereocenters. The van der Waals surface area contributed by atoms with Gasteiger partial charge in [0.2, 0.25) is 0 Å². The van der Waals surface area contributed by atoms with Crippen LogP contribution in [0.25, 0.3) is 0 Å². The summed E-state index contributed by atoms with van der Waals surface area (Å²) in [5.41, 5.74) is 1.14. The number of pyridine rings is 1. The lowest BCUT2D eigenvalue weighted by molar-refractivity contribution is 0.157. The van der Waals surface area contributed by atoms with Crippen molar-refractivity contribution in [3.8, 4) is 0 Å². The zero-order chi connectivity index (χ0) is 13.0. The van der Waals surface area contributed by atoms with Crippen molar-refractivity contribution in [2.45, 2.75) is 51.7 Å².